The van der Waals surface area contributed by atoms with E-state index >= 15 is 0 Å². The number of nitrogens with one attached hydrogen (secondary N) is 1. The Morgan fingerprint density at radius 1 is 0.967 bits per heavy atom. The van der Waals surface area contributed by atoms with Crippen LogP contribution in [0.4, 0.5) is 24.8 Å². The number of anilines is 2. The molecule has 9 heteroatoms. The molecule has 0 unspecified atom stereocenters. The highest BCUT2D eigenvalue weighted by molar-refractivity contribution is 5.67. The molecule has 154 valence electrons. The largest absolute Gasteiger partial charge is 0.418 e. The summed E-state index contributed by atoms with van der Waals surface area (Å²) < 4.78 is 41.3. The number of rotatable bonds is 3. The maximum Gasteiger partial charge on any atom is 0.418 e. The van der Waals surface area contributed by atoms with Crippen LogP contribution in [0.25, 0.3) is 16.9 Å². The molecule has 0 aliphatic rings. The minimum Gasteiger partial charge on any atom is -0.323 e. The summed E-state index contributed by atoms with van der Waals surface area (Å²) in [4.78, 5) is 3.89. The number of alkyl halides is 3. The number of aromatic nitrogens is 5. The fraction of sp³-hybridized carbons (Fsp3) is 0.238. The summed E-state index contributed by atoms with van der Waals surface area (Å²) in [6, 6.07) is 11.6. The van der Waals surface area contributed by atoms with Crippen molar-refractivity contribution in [2.75, 3.05) is 5.32 Å². The van der Waals surface area contributed by atoms with Gasteiger partial charge in [-0.2, -0.15) is 22.8 Å². The van der Waals surface area contributed by atoms with E-state index < -0.39 is 11.7 Å². The van der Waals surface area contributed by atoms with Crippen LogP contribution in [0.2, 0.25) is 0 Å². The zero-order valence-corrected chi connectivity index (χ0v) is 16.6. The second-order valence-electron chi connectivity index (χ2n) is 7.89. The lowest BCUT2D eigenvalue weighted by atomic mass is 9.87. The monoisotopic (exact) mass is 412 g/mol. The number of hydrogen-bond acceptors (Lipinski definition) is 5. The molecule has 0 aliphatic carbocycles. The average molecular weight is 412 g/mol. The lowest BCUT2D eigenvalue weighted by molar-refractivity contribution is -0.137. The molecule has 0 spiro atoms. The Morgan fingerprint density at radius 2 is 1.70 bits per heavy atom. The van der Waals surface area contributed by atoms with E-state index in [4.69, 9.17) is 0 Å². The van der Waals surface area contributed by atoms with Crippen molar-refractivity contribution >= 4 is 17.3 Å². The summed E-state index contributed by atoms with van der Waals surface area (Å²) in [6.07, 6.45) is -1.88. The van der Waals surface area contributed by atoms with Gasteiger partial charge < -0.3 is 5.32 Å². The zero-order valence-electron chi connectivity index (χ0n) is 16.6. The lowest BCUT2D eigenvalue weighted by Gasteiger charge is -2.19. The molecule has 1 N–H and O–H groups in total. The quantitative estimate of drug-likeness (QED) is 0.498. The van der Waals surface area contributed by atoms with Gasteiger partial charge in [-0.15, -0.1) is 10.2 Å². The van der Waals surface area contributed by atoms with E-state index in [2.05, 4.69) is 46.4 Å². The molecule has 0 amide bonds. The fourth-order valence-electron chi connectivity index (χ4n) is 3.05. The van der Waals surface area contributed by atoms with E-state index in [1.54, 1.807) is 0 Å². The van der Waals surface area contributed by atoms with Gasteiger partial charge in [0, 0.05) is 17.4 Å². The summed E-state index contributed by atoms with van der Waals surface area (Å²) in [5, 5.41) is 15.4. The van der Waals surface area contributed by atoms with Crippen molar-refractivity contribution in [2.24, 2.45) is 0 Å². The first kappa shape index (κ1) is 19.8. The van der Waals surface area contributed by atoms with Crippen molar-refractivity contribution in [1.29, 1.82) is 0 Å². The van der Waals surface area contributed by atoms with Gasteiger partial charge in [0.1, 0.15) is 0 Å². The Bertz CT molecular complexity index is 1190. The highest BCUT2D eigenvalue weighted by Crippen LogP contribution is 2.35. The van der Waals surface area contributed by atoms with Crippen molar-refractivity contribution in [3.05, 3.63) is 66.0 Å². The molecule has 0 fully saturated rings. The van der Waals surface area contributed by atoms with Gasteiger partial charge in [0.15, 0.2) is 5.65 Å². The topological polar surface area (TPSA) is 68.0 Å². The molecule has 0 radical (unpaired) electrons. The second kappa shape index (κ2) is 7.08. The molecule has 0 aliphatic heterocycles. The van der Waals surface area contributed by atoms with E-state index in [-0.39, 0.29) is 16.7 Å². The molecule has 6 nitrogen and oxygen atoms in total. The van der Waals surface area contributed by atoms with E-state index in [1.807, 2.05) is 24.3 Å². The Kier molecular flexibility index (Phi) is 4.68. The van der Waals surface area contributed by atoms with Crippen LogP contribution in [0.5, 0.6) is 0 Å². The number of benzene rings is 1. The van der Waals surface area contributed by atoms with Crippen molar-refractivity contribution in [2.45, 2.75) is 32.4 Å². The van der Waals surface area contributed by atoms with Crippen LogP contribution in [-0.4, -0.2) is 24.8 Å². The molecular formula is C21H19F3N6. The van der Waals surface area contributed by atoms with Crippen molar-refractivity contribution in [3.63, 3.8) is 0 Å². The van der Waals surface area contributed by atoms with Gasteiger partial charge in [0.05, 0.1) is 17.5 Å². The summed E-state index contributed by atoms with van der Waals surface area (Å²) >= 11 is 0. The maximum atomic E-state index is 13.3. The van der Waals surface area contributed by atoms with Crippen LogP contribution < -0.4 is 5.32 Å². The van der Waals surface area contributed by atoms with Crippen LogP contribution in [0.3, 0.4) is 0 Å². The van der Waals surface area contributed by atoms with Crippen molar-refractivity contribution in [1.82, 2.24) is 24.8 Å². The Labute approximate surface area is 170 Å². The molecule has 3 heterocycles. The standard InChI is InChI=1S/C21H19F3N6/c1-20(2,3)14-6-8-15(9-7-14)27-19-29-28-17-11-13(12-26-30(17)19)18-16(21(22,23)24)5-4-10-25-18/h4-12H,1-3H3,(H,27,29). The van der Waals surface area contributed by atoms with E-state index in [0.29, 0.717) is 11.6 Å². The van der Waals surface area contributed by atoms with Crippen molar-refractivity contribution in [3.8, 4) is 11.3 Å². The van der Waals surface area contributed by atoms with Crippen LogP contribution in [0.1, 0.15) is 31.9 Å². The number of nitrogens with zero attached hydrogens (tertiary/aromatic N) is 5. The number of hydrogen-bond donors (Lipinski definition) is 1. The minimum absolute atomic E-state index is 0.0405. The molecule has 30 heavy (non-hydrogen) atoms. The molecular weight excluding hydrogens is 393 g/mol. The predicted molar refractivity (Wildman–Crippen MR) is 107 cm³/mol. The predicted octanol–water partition coefficient (Wildman–Crippen LogP) is 5.25. The van der Waals surface area contributed by atoms with Gasteiger partial charge >= 0.3 is 6.18 Å². The number of fused-ring (bicyclic) bond motifs is 1. The molecule has 3 aromatic heterocycles. The van der Waals surface area contributed by atoms with Gasteiger partial charge in [0.2, 0.25) is 5.95 Å². The van der Waals surface area contributed by atoms with E-state index in [9.17, 15) is 13.2 Å². The SMILES string of the molecule is CC(C)(C)c1ccc(Nc2nnc3cc(-c4ncccc4C(F)(F)F)cnn23)cc1. The molecule has 0 saturated heterocycles. The third kappa shape index (κ3) is 3.83. The van der Waals surface area contributed by atoms with Gasteiger partial charge in [0.25, 0.3) is 0 Å². The normalized spacial score (nSPS) is 12.3. The summed E-state index contributed by atoms with van der Waals surface area (Å²) in [5.41, 5.74) is 1.52. The Morgan fingerprint density at radius 3 is 2.37 bits per heavy atom. The second-order valence-corrected chi connectivity index (χ2v) is 7.89. The highest BCUT2D eigenvalue weighted by Gasteiger charge is 2.34. The van der Waals surface area contributed by atoms with E-state index in [1.165, 1.54) is 34.6 Å². The van der Waals surface area contributed by atoms with Crippen LogP contribution in [0.15, 0.2) is 54.9 Å². The summed E-state index contributed by atoms with van der Waals surface area (Å²) in [5.74, 6) is 0.358. The minimum atomic E-state index is -4.52. The maximum absolute atomic E-state index is 13.3. The smallest absolute Gasteiger partial charge is 0.323 e. The van der Waals surface area contributed by atoms with Crippen LogP contribution >= 0.6 is 0 Å². The average Bonchev–Trinajstić information content (AvgIpc) is 3.09. The molecule has 0 saturated carbocycles. The summed E-state index contributed by atoms with van der Waals surface area (Å²) in [6.45, 7) is 6.40. The molecule has 4 aromatic rings. The number of halogens is 3. The fourth-order valence-corrected chi connectivity index (χ4v) is 3.05. The first-order valence-corrected chi connectivity index (χ1v) is 9.24. The molecule has 0 atom stereocenters. The van der Waals surface area contributed by atoms with Gasteiger partial charge in [-0.3, -0.25) is 4.98 Å². The first-order valence-electron chi connectivity index (χ1n) is 9.24. The third-order valence-electron chi connectivity index (χ3n) is 4.66. The lowest BCUT2D eigenvalue weighted by Crippen LogP contribution is -2.10. The number of pyridine rings is 1. The molecule has 4 rings (SSSR count). The Hall–Kier alpha value is -3.49. The van der Waals surface area contributed by atoms with E-state index in [0.717, 1.165) is 11.8 Å². The van der Waals surface area contributed by atoms with Crippen molar-refractivity contribution < 1.29 is 13.2 Å². The molecule has 1 aromatic carbocycles. The highest BCUT2D eigenvalue weighted by atomic mass is 19.4. The van der Waals surface area contributed by atoms with Crippen LogP contribution in [-0.2, 0) is 11.6 Å². The third-order valence-corrected chi connectivity index (χ3v) is 4.66. The van der Waals surface area contributed by atoms with Gasteiger partial charge in [-0.1, -0.05) is 32.9 Å². The first-order chi connectivity index (χ1) is 14.1. The summed E-state index contributed by atoms with van der Waals surface area (Å²) in [7, 11) is 0. The van der Waals surface area contributed by atoms with Gasteiger partial charge in [-0.05, 0) is 41.3 Å². The van der Waals surface area contributed by atoms with Gasteiger partial charge in [-0.25, -0.2) is 0 Å². The molecule has 0 bridgehead atoms. The zero-order chi connectivity index (χ0) is 21.5. The van der Waals surface area contributed by atoms with Crippen LogP contribution in [0, 0.1) is 0 Å². The Balaban J connectivity index is 1.66.